The van der Waals surface area contributed by atoms with Gasteiger partial charge in [-0.15, -0.1) is 11.8 Å². The van der Waals surface area contributed by atoms with Gasteiger partial charge in [0, 0.05) is 15.7 Å². The summed E-state index contributed by atoms with van der Waals surface area (Å²) in [5.74, 6) is -0.176. The summed E-state index contributed by atoms with van der Waals surface area (Å²) >= 11 is 1.53. The lowest BCUT2D eigenvalue weighted by molar-refractivity contribution is 0.589. The predicted molar refractivity (Wildman–Crippen MR) is 64.6 cm³/mol. The Hall–Kier alpha value is -0.540. The maximum Gasteiger partial charge on any atom is 0.137 e. The minimum Gasteiger partial charge on any atom is -0.324 e. The Morgan fingerprint density at radius 1 is 1.33 bits per heavy atom. The molecule has 0 amide bonds. The lowest BCUT2D eigenvalue weighted by Crippen LogP contribution is -2.12. The number of hydrogen-bond donors (Lipinski definition) is 1. The standard InChI is InChI=1S/C12H18FNS/c1-8(14)9-6-5-7-10(13)11(9)15-12(2,3)4/h5-8H,14H2,1-4H3/t8-/m1/s1. The fourth-order valence-corrected chi connectivity index (χ4v) is 2.45. The van der Waals surface area contributed by atoms with Crippen molar-refractivity contribution in [3.8, 4) is 0 Å². The molecule has 1 rings (SSSR count). The van der Waals surface area contributed by atoms with E-state index in [4.69, 9.17) is 5.73 Å². The van der Waals surface area contributed by atoms with Crippen LogP contribution >= 0.6 is 11.8 Å². The summed E-state index contributed by atoms with van der Waals surface area (Å²) in [6.07, 6.45) is 0. The maximum absolute atomic E-state index is 13.7. The normalized spacial score (nSPS) is 14.0. The number of halogens is 1. The van der Waals surface area contributed by atoms with Crippen molar-refractivity contribution < 1.29 is 4.39 Å². The van der Waals surface area contributed by atoms with Crippen molar-refractivity contribution >= 4 is 11.8 Å². The highest BCUT2D eigenvalue weighted by Crippen LogP contribution is 2.37. The zero-order valence-corrected chi connectivity index (χ0v) is 10.5. The van der Waals surface area contributed by atoms with Gasteiger partial charge in [-0.2, -0.15) is 0 Å². The number of benzene rings is 1. The molecule has 0 saturated heterocycles. The van der Waals surface area contributed by atoms with E-state index in [-0.39, 0.29) is 16.6 Å². The van der Waals surface area contributed by atoms with E-state index in [9.17, 15) is 4.39 Å². The number of thioether (sulfide) groups is 1. The van der Waals surface area contributed by atoms with Crippen LogP contribution in [0.5, 0.6) is 0 Å². The minimum absolute atomic E-state index is 0.00810. The third-order valence-electron chi connectivity index (χ3n) is 1.90. The molecule has 15 heavy (non-hydrogen) atoms. The molecule has 1 nitrogen and oxygen atoms in total. The van der Waals surface area contributed by atoms with Crippen LogP contribution in [0.2, 0.25) is 0 Å². The van der Waals surface area contributed by atoms with Crippen molar-refractivity contribution in [1.82, 2.24) is 0 Å². The molecule has 0 bridgehead atoms. The van der Waals surface area contributed by atoms with Gasteiger partial charge < -0.3 is 5.73 Å². The molecule has 0 saturated carbocycles. The SMILES string of the molecule is C[C@@H](N)c1cccc(F)c1SC(C)(C)C. The van der Waals surface area contributed by atoms with Crippen molar-refractivity contribution in [2.24, 2.45) is 5.73 Å². The van der Waals surface area contributed by atoms with Crippen molar-refractivity contribution in [3.63, 3.8) is 0 Å². The van der Waals surface area contributed by atoms with Gasteiger partial charge in [-0.25, -0.2) is 4.39 Å². The summed E-state index contributed by atoms with van der Waals surface area (Å²) in [6.45, 7) is 8.07. The Bertz CT molecular complexity index is 342. The molecule has 84 valence electrons. The largest absolute Gasteiger partial charge is 0.324 e. The van der Waals surface area contributed by atoms with Crippen LogP contribution in [0.25, 0.3) is 0 Å². The highest BCUT2D eigenvalue weighted by molar-refractivity contribution is 8.00. The summed E-state index contributed by atoms with van der Waals surface area (Å²) in [4.78, 5) is 0.681. The van der Waals surface area contributed by atoms with Crippen LogP contribution in [0.15, 0.2) is 23.1 Å². The fourth-order valence-electron chi connectivity index (χ4n) is 1.30. The zero-order valence-electron chi connectivity index (χ0n) is 9.67. The molecular weight excluding hydrogens is 209 g/mol. The van der Waals surface area contributed by atoms with Crippen LogP contribution in [-0.4, -0.2) is 4.75 Å². The van der Waals surface area contributed by atoms with Gasteiger partial charge in [-0.1, -0.05) is 32.9 Å². The van der Waals surface area contributed by atoms with Crippen LogP contribution in [0.3, 0.4) is 0 Å². The number of rotatable bonds is 2. The fraction of sp³-hybridized carbons (Fsp3) is 0.500. The molecule has 0 unspecified atom stereocenters. The molecule has 0 spiro atoms. The van der Waals surface area contributed by atoms with Crippen LogP contribution in [0.1, 0.15) is 39.3 Å². The Labute approximate surface area is 95.2 Å². The average molecular weight is 227 g/mol. The molecule has 1 aromatic rings. The number of hydrogen-bond acceptors (Lipinski definition) is 2. The molecule has 3 heteroatoms. The number of nitrogens with two attached hydrogens (primary N) is 1. The van der Waals surface area contributed by atoms with E-state index in [2.05, 4.69) is 20.8 Å². The van der Waals surface area contributed by atoms with Gasteiger partial charge in [-0.05, 0) is 18.6 Å². The highest BCUT2D eigenvalue weighted by Gasteiger charge is 2.19. The average Bonchev–Trinajstić information content (AvgIpc) is 2.05. The first kappa shape index (κ1) is 12.5. The van der Waals surface area contributed by atoms with Crippen LogP contribution in [0.4, 0.5) is 4.39 Å². The zero-order chi connectivity index (χ0) is 11.6. The summed E-state index contributed by atoms with van der Waals surface area (Å²) in [6, 6.07) is 4.95. The summed E-state index contributed by atoms with van der Waals surface area (Å²) in [7, 11) is 0. The Balaban J connectivity index is 3.14. The van der Waals surface area contributed by atoms with Gasteiger partial charge in [-0.3, -0.25) is 0 Å². The first-order valence-electron chi connectivity index (χ1n) is 5.04. The maximum atomic E-state index is 13.7. The van der Waals surface area contributed by atoms with Gasteiger partial charge >= 0.3 is 0 Å². The van der Waals surface area contributed by atoms with Crippen molar-refractivity contribution in [2.45, 2.75) is 43.4 Å². The second-order valence-corrected chi connectivity index (χ2v) is 6.50. The molecule has 0 aliphatic carbocycles. The lowest BCUT2D eigenvalue weighted by atomic mass is 10.1. The lowest BCUT2D eigenvalue weighted by Gasteiger charge is -2.21. The molecule has 0 heterocycles. The van der Waals surface area contributed by atoms with Gasteiger partial charge in [0.2, 0.25) is 0 Å². The van der Waals surface area contributed by atoms with Crippen molar-refractivity contribution in [3.05, 3.63) is 29.6 Å². The molecule has 2 N–H and O–H groups in total. The Kier molecular flexibility index (Phi) is 3.79. The second-order valence-electron chi connectivity index (χ2n) is 4.66. The minimum atomic E-state index is -0.176. The Morgan fingerprint density at radius 3 is 2.40 bits per heavy atom. The van der Waals surface area contributed by atoms with E-state index < -0.39 is 0 Å². The summed E-state index contributed by atoms with van der Waals surface area (Å²) in [5.41, 5.74) is 6.71. The Morgan fingerprint density at radius 2 is 1.93 bits per heavy atom. The predicted octanol–water partition coefficient (Wildman–Crippen LogP) is 3.74. The van der Waals surface area contributed by atoms with E-state index in [1.807, 2.05) is 13.0 Å². The molecule has 0 radical (unpaired) electrons. The van der Waals surface area contributed by atoms with E-state index in [1.165, 1.54) is 17.8 Å². The van der Waals surface area contributed by atoms with E-state index in [0.717, 1.165) is 5.56 Å². The third kappa shape index (κ3) is 3.50. The van der Waals surface area contributed by atoms with Crippen molar-refractivity contribution in [1.29, 1.82) is 0 Å². The summed E-state index contributed by atoms with van der Waals surface area (Å²) < 4.78 is 13.7. The molecule has 1 atom stereocenters. The highest BCUT2D eigenvalue weighted by atomic mass is 32.2. The topological polar surface area (TPSA) is 26.0 Å². The van der Waals surface area contributed by atoms with E-state index in [1.54, 1.807) is 6.07 Å². The monoisotopic (exact) mass is 227 g/mol. The molecule has 0 aromatic heterocycles. The van der Waals surface area contributed by atoms with Gasteiger partial charge in [0.15, 0.2) is 0 Å². The van der Waals surface area contributed by atoms with Gasteiger partial charge in [0.25, 0.3) is 0 Å². The molecule has 0 aliphatic rings. The smallest absolute Gasteiger partial charge is 0.137 e. The van der Waals surface area contributed by atoms with Gasteiger partial charge in [0.1, 0.15) is 5.82 Å². The molecule has 1 aromatic carbocycles. The third-order valence-corrected chi connectivity index (χ3v) is 3.14. The molecule has 0 aliphatic heterocycles. The van der Waals surface area contributed by atoms with Crippen LogP contribution in [0, 0.1) is 5.82 Å². The van der Waals surface area contributed by atoms with Gasteiger partial charge in [0.05, 0.1) is 0 Å². The summed E-state index contributed by atoms with van der Waals surface area (Å²) in [5, 5.41) is 0. The van der Waals surface area contributed by atoms with E-state index >= 15 is 0 Å². The quantitative estimate of drug-likeness (QED) is 0.779. The van der Waals surface area contributed by atoms with Crippen LogP contribution < -0.4 is 5.73 Å². The first-order chi connectivity index (χ1) is 6.81. The van der Waals surface area contributed by atoms with Crippen LogP contribution in [-0.2, 0) is 0 Å². The second kappa shape index (κ2) is 4.54. The molecular formula is C12H18FNS. The van der Waals surface area contributed by atoms with E-state index in [0.29, 0.717) is 4.90 Å². The first-order valence-corrected chi connectivity index (χ1v) is 5.86. The van der Waals surface area contributed by atoms with Crippen molar-refractivity contribution in [2.75, 3.05) is 0 Å². The molecule has 0 fully saturated rings.